The van der Waals surface area contributed by atoms with Gasteiger partial charge in [0.1, 0.15) is 23.6 Å². The number of benzene rings is 1. The number of hydrogen-bond acceptors (Lipinski definition) is 9. The van der Waals surface area contributed by atoms with Gasteiger partial charge < -0.3 is 9.47 Å². The van der Waals surface area contributed by atoms with Crippen LogP contribution in [0.15, 0.2) is 71.9 Å². The molecule has 0 radical (unpaired) electrons. The lowest BCUT2D eigenvalue weighted by molar-refractivity contribution is -0.153. The van der Waals surface area contributed by atoms with E-state index in [9.17, 15) is 22.8 Å². The molecular formula is C31H38N4O7S. The Morgan fingerprint density at radius 2 is 1.47 bits per heavy atom. The summed E-state index contributed by atoms with van der Waals surface area (Å²) in [6.45, 7) is 11.0. The van der Waals surface area contributed by atoms with Crippen molar-refractivity contribution in [1.82, 2.24) is 14.3 Å². The van der Waals surface area contributed by atoms with Gasteiger partial charge >= 0.3 is 12.1 Å². The molecule has 0 aliphatic rings. The van der Waals surface area contributed by atoms with Crippen molar-refractivity contribution in [1.29, 1.82) is 0 Å². The van der Waals surface area contributed by atoms with Gasteiger partial charge in [0.2, 0.25) is 0 Å². The lowest BCUT2D eigenvalue weighted by atomic mass is 10.1. The molecule has 1 aromatic carbocycles. The fourth-order valence-electron chi connectivity index (χ4n) is 3.85. The van der Waals surface area contributed by atoms with Crippen LogP contribution in [0.3, 0.4) is 0 Å². The van der Waals surface area contributed by atoms with Crippen LogP contribution in [0.5, 0.6) is 0 Å². The molecule has 0 saturated heterocycles. The van der Waals surface area contributed by atoms with Crippen molar-refractivity contribution in [3.05, 3.63) is 83.7 Å². The van der Waals surface area contributed by atoms with Gasteiger partial charge in [-0.1, -0.05) is 36.4 Å². The highest BCUT2D eigenvalue weighted by Crippen LogP contribution is 2.22. The number of hydrogen-bond donors (Lipinski definition) is 0. The van der Waals surface area contributed by atoms with Gasteiger partial charge in [-0.15, -0.1) is 0 Å². The lowest BCUT2D eigenvalue weighted by Crippen LogP contribution is -2.42. The average molecular weight is 611 g/mol. The van der Waals surface area contributed by atoms with Gasteiger partial charge in [0.25, 0.3) is 10.0 Å². The molecule has 0 aliphatic heterocycles. The number of pyridine rings is 2. The minimum atomic E-state index is -4.10. The number of rotatable bonds is 10. The van der Waals surface area contributed by atoms with Crippen molar-refractivity contribution in [3.63, 3.8) is 0 Å². The maximum atomic E-state index is 13.7. The summed E-state index contributed by atoms with van der Waals surface area (Å²) < 4.78 is 39.6. The minimum absolute atomic E-state index is 0.0450. The number of carbonyl (C=O) groups excluding carboxylic acids is 3. The number of Topliss-reactive ketones (excluding diaryl/α,β-unsaturated/α-hetero) is 1. The molecule has 0 fully saturated rings. The highest BCUT2D eigenvalue weighted by molar-refractivity contribution is 7.89. The number of ether oxygens (including phenoxy) is 2. The van der Waals surface area contributed by atoms with Gasteiger partial charge in [0.15, 0.2) is 10.8 Å². The highest BCUT2D eigenvalue weighted by Gasteiger charge is 2.30. The van der Waals surface area contributed by atoms with E-state index >= 15 is 0 Å². The largest absolute Gasteiger partial charge is 0.459 e. The standard InChI is InChI=1S/C31H38N4O7S/c1-22(36)24-16-14-23(15-17-24)19-34(43(39,40)27-13-8-9-18-32-27)20-25-11-10-12-26(33-25)35(29(38)42-31(5,6)7)21-28(37)41-30(2,3)4/h8-18H,19-21H2,1-7H3. The van der Waals surface area contributed by atoms with Crippen LogP contribution in [0.4, 0.5) is 10.6 Å². The van der Waals surface area contributed by atoms with Crippen molar-refractivity contribution >= 4 is 33.7 Å². The van der Waals surface area contributed by atoms with E-state index in [0.717, 1.165) is 4.90 Å². The summed E-state index contributed by atoms with van der Waals surface area (Å²) in [7, 11) is -4.10. The maximum Gasteiger partial charge on any atom is 0.416 e. The number of nitrogens with zero attached hydrogens (tertiary/aromatic N) is 4. The van der Waals surface area contributed by atoms with Crippen LogP contribution in [0.1, 0.15) is 70.1 Å². The zero-order valence-electron chi connectivity index (χ0n) is 25.5. The number of sulfonamides is 1. The quantitative estimate of drug-likeness (QED) is 0.225. The van der Waals surface area contributed by atoms with Crippen LogP contribution in [0.2, 0.25) is 0 Å². The van der Waals surface area contributed by atoms with Crippen LogP contribution in [0, 0.1) is 0 Å². The van der Waals surface area contributed by atoms with Crippen molar-refractivity contribution in [2.45, 2.75) is 77.8 Å². The number of aromatic nitrogens is 2. The molecule has 0 bridgehead atoms. The zero-order valence-corrected chi connectivity index (χ0v) is 26.3. The third kappa shape index (κ3) is 9.97. The molecule has 2 aromatic heterocycles. The minimum Gasteiger partial charge on any atom is -0.459 e. The molecule has 0 unspecified atom stereocenters. The predicted molar refractivity (Wildman–Crippen MR) is 161 cm³/mol. The molecule has 0 atom stereocenters. The molecule has 0 N–H and O–H groups in total. The average Bonchev–Trinajstić information content (AvgIpc) is 2.90. The normalized spacial score (nSPS) is 12.1. The van der Waals surface area contributed by atoms with E-state index in [1.165, 1.54) is 29.6 Å². The van der Waals surface area contributed by atoms with E-state index in [4.69, 9.17) is 9.47 Å². The topological polar surface area (TPSA) is 136 Å². The first-order valence-electron chi connectivity index (χ1n) is 13.6. The Labute approximate surface area is 252 Å². The summed E-state index contributed by atoms with van der Waals surface area (Å²) in [5.74, 6) is -0.691. The first-order chi connectivity index (χ1) is 19.9. The third-order valence-electron chi connectivity index (χ3n) is 5.69. The Balaban J connectivity index is 1.99. The second kappa shape index (κ2) is 13.4. The van der Waals surface area contributed by atoms with Crippen molar-refractivity contribution in [3.8, 4) is 0 Å². The van der Waals surface area contributed by atoms with Crippen LogP contribution >= 0.6 is 0 Å². The van der Waals surface area contributed by atoms with E-state index in [1.807, 2.05) is 0 Å². The van der Waals surface area contributed by atoms with Gasteiger partial charge in [-0.05, 0) is 78.3 Å². The number of ketones is 1. The molecule has 0 saturated carbocycles. The Bertz CT molecular complexity index is 1550. The van der Waals surface area contributed by atoms with Gasteiger partial charge in [0, 0.05) is 18.3 Å². The summed E-state index contributed by atoms with van der Waals surface area (Å²) in [6, 6.07) is 16.0. The fourth-order valence-corrected chi connectivity index (χ4v) is 5.18. The van der Waals surface area contributed by atoms with E-state index in [0.29, 0.717) is 16.8 Å². The zero-order chi connectivity index (χ0) is 32.0. The van der Waals surface area contributed by atoms with Crippen molar-refractivity contribution in [2.24, 2.45) is 0 Å². The Morgan fingerprint density at radius 3 is 2.02 bits per heavy atom. The summed E-state index contributed by atoms with van der Waals surface area (Å²) >= 11 is 0. The molecule has 2 heterocycles. The highest BCUT2D eigenvalue weighted by atomic mass is 32.2. The number of carbonyl (C=O) groups is 3. The van der Waals surface area contributed by atoms with Crippen LogP contribution in [0.25, 0.3) is 0 Å². The molecule has 0 aliphatic carbocycles. The molecule has 1 amide bonds. The molecule has 43 heavy (non-hydrogen) atoms. The third-order valence-corrected chi connectivity index (χ3v) is 7.40. The van der Waals surface area contributed by atoms with E-state index in [2.05, 4.69) is 9.97 Å². The van der Waals surface area contributed by atoms with Gasteiger partial charge in [-0.25, -0.2) is 23.2 Å². The van der Waals surface area contributed by atoms with Crippen LogP contribution in [-0.2, 0) is 37.4 Å². The molecule has 0 spiro atoms. The van der Waals surface area contributed by atoms with Gasteiger partial charge in [-0.2, -0.15) is 4.31 Å². The van der Waals surface area contributed by atoms with E-state index < -0.39 is 39.8 Å². The van der Waals surface area contributed by atoms with Gasteiger partial charge in [-0.3, -0.25) is 14.5 Å². The Hall–Kier alpha value is -4.16. The monoisotopic (exact) mass is 610 g/mol. The molecule has 3 rings (SSSR count). The van der Waals surface area contributed by atoms with E-state index in [-0.39, 0.29) is 29.7 Å². The molecular weight excluding hydrogens is 572 g/mol. The summed E-state index contributed by atoms with van der Waals surface area (Å²) in [4.78, 5) is 47.3. The van der Waals surface area contributed by atoms with Gasteiger partial charge in [0.05, 0.1) is 12.2 Å². The number of esters is 1. The number of anilines is 1. The number of amides is 1. The van der Waals surface area contributed by atoms with Crippen LogP contribution < -0.4 is 4.90 Å². The summed E-state index contributed by atoms with van der Waals surface area (Å²) in [5, 5.41) is -0.146. The van der Waals surface area contributed by atoms with Crippen LogP contribution in [-0.4, -0.2) is 58.3 Å². The van der Waals surface area contributed by atoms with Crippen molar-refractivity contribution < 1.29 is 32.3 Å². The molecule has 11 nitrogen and oxygen atoms in total. The second-order valence-electron chi connectivity index (χ2n) is 11.8. The first-order valence-corrected chi connectivity index (χ1v) is 15.1. The smallest absolute Gasteiger partial charge is 0.416 e. The maximum absolute atomic E-state index is 13.7. The fraction of sp³-hybridized carbons (Fsp3) is 0.387. The lowest BCUT2D eigenvalue weighted by Gasteiger charge is -2.28. The Kier molecular flexibility index (Phi) is 10.4. The SMILES string of the molecule is CC(=O)c1ccc(CN(Cc2cccc(N(CC(=O)OC(C)(C)C)C(=O)OC(C)(C)C)n2)S(=O)(=O)c2ccccn2)cc1. The summed E-state index contributed by atoms with van der Waals surface area (Å²) in [5.41, 5.74) is -0.193. The Morgan fingerprint density at radius 1 is 0.814 bits per heavy atom. The molecule has 3 aromatic rings. The van der Waals surface area contributed by atoms with E-state index in [1.54, 1.807) is 90.1 Å². The summed E-state index contributed by atoms with van der Waals surface area (Å²) in [6.07, 6.45) is 0.576. The second-order valence-corrected chi connectivity index (χ2v) is 13.7. The predicted octanol–water partition coefficient (Wildman–Crippen LogP) is 5.15. The molecule has 230 valence electrons. The first kappa shape index (κ1) is 33.3. The van der Waals surface area contributed by atoms with Crippen molar-refractivity contribution in [2.75, 3.05) is 11.4 Å². The molecule has 12 heteroatoms.